The van der Waals surface area contributed by atoms with E-state index in [1.54, 1.807) is 6.20 Å². The first-order valence-corrected chi connectivity index (χ1v) is 15.8. The van der Waals surface area contributed by atoms with Crippen LogP contribution in [0.5, 0.6) is 0 Å². The summed E-state index contributed by atoms with van der Waals surface area (Å²) in [4.78, 5) is 61.3. The van der Waals surface area contributed by atoms with E-state index in [0.29, 0.717) is 12.8 Å². The Kier molecular flexibility index (Phi) is 9.35. The third kappa shape index (κ3) is 7.05. The number of carboxylic acids is 1. The lowest BCUT2D eigenvalue weighted by molar-refractivity contribution is -0.149. The van der Waals surface area contributed by atoms with Gasteiger partial charge in [-0.3, -0.25) is 14.4 Å². The summed E-state index contributed by atoms with van der Waals surface area (Å²) in [6.45, 7) is 0.281. The molecule has 3 amide bonds. The van der Waals surface area contributed by atoms with Crippen LogP contribution in [0.2, 0.25) is 0 Å². The van der Waals surface area contributed by atoms with E-state index in [0.717, 1.165) is 38.5 Å². The average molecular weight is 635 g/mol. The van der Waals surface area contributed by atoms with Crippen LogP contribution in [-0.4, -0.2) is 74.4 Å². The first-order valence-electron chi connectivity index (χ1n) is 15.8. The molecule has 11 nitrogen and oxygen atoms in total. The zero-order valence-corrected chi connectivity index (χ0v) is 25.8. The molecule has 11 heteroatoms. The number of hydrogen-bond donors (Lipinski definition) is 6. The highest BCUT2D eigenvalue weighted by molar-refractivity contribution is 5.95. The Morgan fingerprint density at radius 2 is 1.34 bits per heavy atom. The molecule has 0 bridgehead atoms. The van der Waals surface area contributed by atoms with E-state index < -0.39 is 47.9 Å². The second-order valence-electron chi connectivity index (χ2n) is 12.1. The molecule has 1 aliphatic heterocycles. The number of nitrogens with two attached hydrogens (primary N) is 1. The van der Waals surface area contributed by atoms with Crippen molar-refractivity contribution >= 4 is 45.5 Å². The normalized spacial score (nSPS) is 16.5. The smallest absolute Gasteiger partial charge is 0.326 e. The second-order valence-corrected chi connectivity index (χ2v) is 12.1. The maximum absolute atomic E-state index is 14.1. The minimum atomic E-state index is -1.08. The van der Waals surface area contributed by atoms with Gasteiger partial charge in [0.1, 0.15) is 18.1 Å². The maximum Gasteiger partial charge on any atom is 0.326 e. The summed E-state index contributed by atoms with van der Waals surface area (Å²) in [5, 5.41) is 17.4. The fourth-order valence-electron chi connectivity index (χ4n) is 6.45. The van der Waals surface area contributed by atoms with Crippen molar-refractivity contribution in [1.29, 1.82) is 0 Å². The van der Waals surface area contributed by atoms with Crippen molar-refractivity contribution in [2.75, 3.05) is 6.54 Å². The van der Waals surface area contributed by atoms with Crippen molar-refractivity contribution in [3.05, 3.63) is 108 Å². The molecular weight excluding hydrogens is 596 g/mol. The van der Waals surface area contributed by atoms with Crippen molar-refractivity contribution in [2.24, 2.45) is 5.73 Å². The number of hydrogen-bond acceptors (Lipinski definition) is 5. The Balaban J connectivity index is 1.25. The minimum Gasteiger partial charge on any atom is -0.480 e. The third-order valence-electron chi connectivity index (χ3n) is 8.90. The maximum atomic E-state index is 14.1. The van der Waals surface area contributed by atoms with E-state index in [4.69, 9.17) is 5.73 Å². The number of para-hydroxylation sites is 2. The van der Waals surface area contributed by atoms with Crippen LogP contribution in [0.15, 0.2) is 91.3 Å². The van der Waals surface area contributed by atoms with E-state index in [2.05, 4.69) is 20.6 Å². The van der Waals surface area contributed by atoms with Gasteiger partial charge in [-0.1, -0.05) is 66.7 Å². The number of benzene rings is 3. The number of nitrogens with zero attached hydrogens (tertiary/aromatic N) is 1. The molecule has 1 saturated heterocycles. The summed E-state index contributed by atoms with van der Waals surface area (Å²) >= 11 is 0. The van der Waals surface area contributed by atoms with E-state index in [9.17, 15) is 24.3 Å². The molecule has 4 unspecified atom stereocenters. The van der Waals surface area contributed by atoms with E-state index >= 15 is 0 Å². The molecule has 2 aromatic heterocycles. The van der Waals surface area contributed by atoms with Gasteiger partial charge in [0.05, 0.1) is 6.04 Å². The molecule has 0 radical (unpaired) electrons. The molecule has 3 heterocycles. The lowest BCUT2D eigenvalue weighted by atomic mass is 10.0. The van der Waals surface area contributed by atoms with Gasteiger partial charge in [0.15, 0.2) is 0 Å². The molecule has 3 aromatic carbocycles. The number of carbonyl (C=O) groups is 4. The predicted molar refractivity (Wildman–Crippen MR) is 178 cm³/mol. The monoisotopic (exact) mass is 634 g/mol. The fourth-order valence-corrected chi connectivity index (χ4v) is 6.45. The van der Waals surface area contributed by atoms with Gasteiger partial charge in [-0.2, -0.15) is 0 Å². The van der Waals surface area contributed by atoms with E-state index in [1.807, 2.05) is 85.1 Å². The van der Waals surface area contributed by atoms with Gasteiger partial charge >= 0.3 is 5.97 Å². The fraction of sp³-hybridized carbons (Fsp3) is 0.278. The van der Waals surface area contributed by atoms with Crippen molar-refractivity contribution in [3.8, 4) is 0 Å². The van der Waals surface area contributed by atoms with Crippen molar-refractivity contribution in [2.45, 2.75) is 56.3 Å². The predicted octanol–water partition coefficient (Wildman–Crippen LogP) is 3.05. The van der Waals surface area contributed by atoms with Crippen LogP contribution in [0.25, 0.3) is 21.8 Å². The van der Waals surface area contributed by atoms with E-state index in [1.165, 1.54) is 4.90 Å². The highest BCUT2D eigenvalue weighted by Crippen LogP contribution is 2.23. The largest absolute Gasteiger partial charge is 0.480 e. The number of amides is 3. The molecular formula is C36H38N6O5. The highest BCUT2D eigenvalue weighted by atomic mass is 16.4. The Bertz CT molecular complexity index is 1900. The van der Waals surface area contributed by atoms with Gasteiger partial charge in [-0.15, -0.1) is 0 Å². The Morgan fingerprint density at radius 3 is 1.98 bits per heavy atom. The number of aromatic amines is 2. The molecule has 5 aromatic rings. The average Bonchev–Trinajstić information content (AvgIpc) is 3.84. The minimum absolute atomic E-state index is 0.128. The molecule has 7 N–H and O–H groups in total. The van der Waals surface area contributed by atoms with Gasteiger partial charge in [0.2, 0.25) is 17.7 Å². The molecule has 0 saturated carbocycles. The lowest BCUT2D eigenvalue weighted by Crippen LogP contribution is -2.58. The van der Waals surface area contributed by atoms with Gasteiger partial charge in [-0.25, -0.2) is 4.79 Å². The van der Waals surface area contributed by atoms with Crippen molar-refractivity contribution in [3.63, 3.8) is 0 Å². The SMILES string of the molecule is NC(Cc1c[nH]c2ccccc12)C(=O)NC(Cc1ccccc1)C(=O)NC(Cc1c[nH]c2ccccc12)C(=O)N1CCCC1C(=O)O. The molecule has 6 rings (SSSR count). The number of likely N-dealkylation sites (tertiary alicyclic amines) is 1. The van der Waals surface area contributed by atoms with Crippen LogP contribution in [0.3, 0.4) is 0 Å². The third-order valence-corrected chi connectivity index (χ3v) is 8.90. The molecule has 1 fully saturated rings. The summed E-state index contributed by atoms with van der Waals surface area (Å²) in [5.74, 6) is -2.62. The number of aliphatic carboxylic acids is 1. The number of rotatable bonds is 12. The second kappa shape index (κ2) is 13.9. The van der Waals surface area contributed by atoms with Crippen LogP contribution in [0.4, 0.5) is 0 Å². The van der Waals surface area contributed by atoms with Crippen LogP contribution < -0.4 is 16.4 Å². The number of aromatic nitrogens is 2. The standard InChI is InChI=1S/C36H38N6O5/c37-27(18-23-20-38-28-13-6-4-11-25(23)28)33(43)40-30(17-22-9-2-1-3-10-22)34(44)41-31(35(45)42-16-8-15-32(42)36(46)47)19-24-21-39-29-14-7-5-12-26(24)29/h1-7,9-14,20-21,27,30-32,38-39H,8,15-19,37H2,(H,40,43)(H,41,44)(H,46,47). The molecule has 0 spiro atoms. The summed E-state index contributed by atoms with van der Waals surface area (Å²) in [5.41, 5.74) is 10.7. The van der Waals surface area contributed by atoms with Crippen LogP contribution in [0.1, 0.15) is 29.5 Å². The van der Waals surface area contributed by atoms with Crippen LogP contribution in [-0.2, 0) is 38.4 Å². The summed E-state index contributed by atoms with van der Waals surface area (Å²) < 4.78 is 0. The Morgan fingerprint density at radius 1 is 0.766 bits per heavy atom. The number of H-pyrrole nitrogens is 2. The first-order chi connectivity index (χ1) is 22.8. The lowest BCUT2D eigenvalue weighted by Gasteiger charge is -2.29. The summed E-state index contributed by atoms with van der Waals surface area (Å²) in [7, 11) is 0. The van der Waals surface area contributed by atoms with Gasteiger partial charge in [-0.05, 0) is 48.1 Å². The topological polar surface area (TPSA) is 173 Å². The Labute approximate surface area is 271 Å². The van der Waals surface area contributed by atoms with Gasteiger partial charge < -0.3 is 36.3 Å². The molecule has 1 aliphatic rings. The van der Waals surface area contributed by atoms with Crippen LogP contribution >= 0.6 is 0 Å². The van der Waals surface area contributed by atoms with Crippen LogP contribution in [0, 0.1) is 0 Å². The highest BCUT2D eigenvalue weighted by Gasteiger charge is 2.39. The Hall–Kier alpha value is -5.42. The van der Waals surface area contributed by atoms with Crippen molar-refractivity contribution in [1.82, 2.24) is 25.5 Å². The number of nitrogens with one attached hydrogen (secondary N) is 4. The summed E-state index contributed by atoms with van der Waals surface area (Å²) in [6.07, 6.45) is 5.06. The number of carbonyl (C=O) groups excluding carboxylic acids is 3. The van der Waals surface area contributed by atoms with Gasteiger partial charge in [0, 0.05) is 53.6 Å². The van der Waals surface area contributed by atoms with Gasteiger partial charge in [0.25, 0.3) is 0 Å². The van der Waals surface area contributed by atoms with Crippen molar-refractivity contribution < 1.29 is 24.3 Å². The first kappa shape index (κ1) is 31.6. The zero-order valence-electron chi connectivity index (χ0n) is 25.8. The molecule has 242 valence electrons. The zero-order chi connectivity index (χ0) is 32.9. The summed E-state index contributed by atoms with van der Waals surface area (Å²) in [6, 6.07) is 20.6. The molecule has 47 heavy (non-hydrogen) atoms. The molecule has 0 aliphatic carbocycles. The quantitative estimate of drug-likeness (QED) is 0.123. The molecule has 4 atom stereocenters. The number of fused-ring (bicyclic) bond motifs is 2. The number of carboxylic acid groups (broad SMARTS) is 1. The van der Waals surface area contributed by atoms with E-state index in [-0.39, 0.29) is 25.8 Å².